The molecule has 0 amide bonds. The summed E-state index contributed by atoms with van der Waals surface area (Å²) in [6.07, 6.45) is -0.156. The highest BCUT2D eigenvalue weighted by Gasteiger charge is 2.30. The van der Waals surface area contributed by atoms with Gasteiger partial charge >= 0.3 is 0 Å². The van der Waals surface area contributed by atoms with Crippen molar-refractivity contribution < 1.29 is 4.74 Å². The predicted octanol–water partition coefficient (Wildman–Crippen LogP) is 4.32. The van der Waals surface area contributed by atoms with Crippen molar-refractivity contribution in [3.63, 3.8) is 0 Å². The Bertz CT molecular complexity index is 381. The van der Waals surface area contributed by atoms with E-state index in [1.165, 1.54) is 0 Å². The molecular weight excluding hydrogens is 304 g/mol. The second-order valence-electron chi connectivity index (χ2n) is 4.97. The van der Waals surface area contributed by atoms with Crippen molar-refractivity contribution >= 4 is 27.5 Å². The highest BCUT2D eigenvalue weighted by Crippen LogP contribution is 2.36. The summed E-state index contributed by atoms with van der Waals surface area (Å²) >= 11 is 9.41. The summed E-state index contributed by atoms with van der Waals surface area (Å²) in [6, 6.07) is 0. The van der Waals surface area contributed by atoms with Gasteiger partial charge in [-0.1, -0.05) is 32.4 Å². The summed E-state index contributed by atoms with van der Waals surface area (Å²) in [5.41, 5.74) is 0.758. The first-order valence-corrected chi connectivity index (χ1v) is 6.75. The fraction of sp³-hybridized carbons (Fsp3) is 0.667. The van der Waals surface area contributed by atoms with Gasteiger partial charge in [-0.3, -0.25) is 0 Å². The molecule has 0 fully saturated rings. The van der Waals surface area contributed by atoms with E-state index in [0.29, 0.717) is 17.6 Å². The first kappa shape index (κ1) is 14.9. The number of hydrogen-bond acceptors (Lipinski definition) is 3. The second kappa shape index (κ2) is 5.63. The molecule has 0 aromatic carbocycles. The van der Waals surface area contributed by atoms with E-state index in [-0.39, 0.29) is 11.5 Å². The van der Waals surface area contributed by atoms with E-state index in [0.717, 1.165) is 10.2 Å². The maximum Gasteiger partial charge on any atom is 0.159 e. The molecule has 0 bridgehead atoms. The maximum atomic E-state index is 6.06. The quantitative estimate of drug-likeness (QED) is 0.777. The van der Waals surface area contributed by atoms with E-state index in [1.54, 1.807) is 0 Å². The molecule has 3 nitrogen and oxygen atoms in total. The van der Waals surface area contributed by atoms with E-state index >= 15 is 0 Å². The molecule has 5 heteroatoms. The molecule has 1 atom stereocenters. The second-order valence-corrected chi connectivity index (χ2v) is 6.12. The van der Waals surface area contributed by atoms with Crippen molar-refractivity contribution in [2.24, 2.45) is 5.41 Å². The SMILES string of the molecule is CCOC(c1nc(C)c(Br)c(Cl)n1)C(C)(C)C. The van der Waals surface area contributed by atoms with Crippen LogP contribution in [-0.2, 0) is 4.74 Å². The third-order valence-corrected chi connectivity index (χ3v) is 3.80. The Morgan fingerprint density at radius 1 is 1.35 bits per heavy atom. The van der Waals surface area contributed by atoms with E-state index in [2.05, 4.69) is 46.7 Å². The van der Waals surface area contributed by atoms with Gasteiger partial charge in [-0.25, -0.2) is 9.97 Å². The molecule has 17 heavy (non-hydrogen) atoms. The maximum absolute atomic E-state index is 6.06. The standard InChI is InChI=1S/C12H18BrClN2O/c1-6-17-9(12(3,4)5)11-15-7(2)8(13)10(14)16-11/h9H,6H2,1-5H3. The topological polar surface area (TPSA) is 35.0 Å². The summed E-state index contributed by atoms with van der Waals surface area (Å²) in [4.78, 5) is 8.75. The van der Waals surface area contributed by atoms with Gasteiger partial charge in [0.1, 0.15) is 11.3 Å². The van der Waals surface area contributed by atoms with Crippen molar-refractivity contribution in [3.05, 3.63) is 21.1 Å². The minimum absolute atomic E-state index is 0.0698. The zero-order chi connectivity index (χ0) is 13.2. The summed E-state index contributed by atoms with van der Waals surface area (Å²) in [6.45, 7) is 10.8. The first-order chi connectivity index (χ1) is 7.77. The molecule has 0 aliphatic heterocycles. The van der Waals surface area contributed by atoms with Crippen LogP contribution in [0.15, 0.2) is 4.47 Å². The molecule has 0 N–H and O–H groups in total. The molecule has 0 aliphatic carbocycles. The smallest absolute Gasteiger partial charge is 0.159 e. The average molecular weight is 322 g/mol. The Labute approximate surface area is 116 Å². The fourth-order valence-electron chi connectivity index (χ4n) is 1.54. The number of rotatable bonds is 3. The van der Waals surface area contributed by atoms with Gasteiger partial charge in [0.2, 0.25) is 0 Å². The van der Waals surface area contributed by atoms with Crippen molar-refractivity contribution in [3.8, 4) is 0 Å². The highest BCUT2D eigenvalue weighted by atomic mass is 79.9. The van der Waals surface area contributed by atoms with Gasteiger partial charge in [0.25, 0.3) is 0 Å². The number of halogens is 2. The van der Waals surface area contributed by atoms with Crippen LogP contribution in [0.25, 0.3) is 0 Å². The molecule has 1 heterocycles. The Hall–Kier alpha value is -0.190. The molecular formula is C12H18BrClN2O. The summed E-state index contributed by atoms with van der Waals surface area (Å²) in [5, 5.41) is 0.432. The molecule has 0 radical (unpaired) electrons. The molecule has 0 saturated heterocycles. The molecule has 0 aliphatic rings. The Kier molecular flexibility index (Phi) is 4.93. The van der Waals surface area contributed by atoms with Crippen LogP contribution in [0.1, 0.15) is 45.3 Å². The molecule has 0 saturated carbocycles. The number of ether oxygens (including phenoxy) is 1. The van der Waals surface area contributed by atoms with Crippen molar-refractivity contribution in [2.75, 3.05) is 6.61 Å². The van der Waals surface area contributed by atoms with Gasteiger partial charge in [-0.05, 0) is 35.2 Å². The third kappa shape index (κ3) is 3.63. The fourth-order valence-corrected chi connectivity index (χ4v) is 1.94. The van der Waals surface area contributed by atoms with Crippen molar-refractivity contribution in [1.29, 1.82) is 0 Å². The lowest BCUT2D eigenvalue weighted by molar-refractivity contribution is -0.0192. The molecule has 1 aromatic heterocycles. The van der Waals surface area contributed by atoms with E-state index < -0.39 is 0 Å². The highest BCUT2D eigenvalue weighted by molar-refractivity contribution is 9.10. The number of aromatic nitrogens is 2. The van der Waals surface area contributed by atoms with E-state index in [4.69, 9.17) is 16.3 Å². The molecule has 1 aromatic rings. The minimum Gasteiger partial charge on any atom is -0.370 e. The van der Waals surface area contributed by atoms with Crippen molar-refractivity contribution in [1.82, 2.24) is 9.97 Å². The molecule has 1 unspecified atom stereocenters. The van der Waals surface area contributed by atoms with Gasteiger partial charge in [0, 0.05) is 6.61 Å². The van der Waals surface area contributed by atoms with Crippen LogP contribution in [-0.4, -0.2) is 16.6 Å². The largest absolute Gasteiger partial charge is 0.370 e. The van der Waals surface area contributed by atoms with Gasteiger partial charge in [-0.2, -0.15) is 0 Å². The average Bonchev–Trinajstić information content (AvgIpc) is 2.20. The van der Waals surface area contributed by atoms with Gasteiger partial charge < -0.3 is 4.74 Å². The third-order valence-electron chi connectivity index (χ3n) is 2.35. The summed E-state index contributed by atoms with van der Waals surface area (Å²) in [7, 11) is 0. The van der Waals surface area contributed by atoms with Crippen LogP contribution in [0.2, 0.25) is 5.15 Å². The Morgan fingerprint density at radius 3 is 2.35 bits per heavy atom. The Balaban J connectivity index is 3.20. The number of hydrogen-bond donors (Lipinski definition) is 0. The van der Waals surface area contributed by atoms with Crippen LogP contribution < -0.4 is 0 Å². The number of nitrogens with zero attached hydrogens (tertiary/aromatic N) is 2. The first-order valence-electron chi connectivity index (χ1n) is 5.58. The predicted molar refractivity (Wildman–Crippen MR) is 73.3 cm³/mol. The van der Waals surface area contributed by atoms with Gasteiger partial charge in [0.05, 0.1) is 10.2 Å². The summed E-state index contributed by atoms with van der Waals surface area (Å²) < 4.78 is 6.49. The Morgan fingerprint density at radius 2 is 1.94 bits per heavy atom. The van der Waals surface area contributed by atoms with Crippen LogP contribution in [0.3, 0.4) is 0 Å². The van der Waals surface area contributed by atoms with Gasteiger partial charge in [-0.15, -0.1) is 0 Å². The van der Waals surface area contributed by atoms with Crippen molar-refractivity contribution in [2.45, 2.75) is 40.7 Å². The van der Waals surface area contributed by atoms with Gasteiger partial charge in [0.15, 0.2) is 5.82 Å². The molecule has 96 valence electrons. The zero-order valence-electron chi connectivity index (χ0n) is 10.8. The van der Waals surface area contributed by atoms with Crippen LogP contribution >= 0.6 is 27.5 Å². The lowest BCUT2D eigenvalue weighted by atomic mass is 9.88. The normalized spacial score (nSPS) is 13.8. The van der Waals surface area contributed by atoms with E-state index in [1.807, 2.05) is 13.8 Å². The minimum atomic E-state index is -0.156. The van der Waals surface area contributed by atoms with Crippen LogP contribution in [0.5, 0.6) is 0 Å². The lowest BCUT2D eigenvalue weighted by Crippen LogP contribution is -2.24. The van der Waals surface area contributed by atoms with Crippen LogP contribution in [0, 0.1) is 12.3 Å². The van der Waals surface area contributed by atoms with E-state index in [9.17, 15) is 0 Å². The molecule has 0 spiro atoms. The lowest BCUT2D eigenvalue weighted by Gasteiger charge is -2.29. The summed E-state index contributed by atoms with van der Waals surface area (Å²) in [5.74, 6) is 0.644. The molecule has 1 rings (SSSR count). The number of aryl methyl sites for hydroxylation is 1. The van der Waals surface area contributed by atoms with Crippen LogP contribution in [0.4, 0.5) is 0 Å². The zero-order valence-corrected chi connectivity index (χ0v) is 13.2. The monoisotopic (exact) mass is 320 g/mol.